The van der Waals surface area contributed by atoms with Crippen LogP contribution >= 0.6 is 0 Å². The van der Waals surface area contributed by atoms with Gasteiger partial charge in [-0.2, -0.15) is 19.3 Å². The number of methoxy groups -OCH3 is 1. The Labute approximate surface area is 140 Å². The summed E-state index contributed by atoms with van der Waals surface area (Å²) in [6.45, 7) is 0.820. The largest absolute Gasteiger partial charge is 0.465 e. The summed E-state index contributed by atoms with van der Waals surface area (Å²) in [5.74, 6) is -0.494. The molecule has 1 saturated heterocycles. The molecule has 2 heterocycles. The molecular weight excluding hydrogens is 332 g/mol. The number of carbonyl (C=O) groups is 1. The summed E-state index contributed by atoms with van der Waals surface area (Å²) in [6, 6.07) is 5.90. The summed E-state index contributed by atoms with van der Waals surface area (Å²) in [4.78, 5) is 13.2. The van der Waals surface area contributed by atoms with Gasteiger partial charge in [0.1, 0.15) is 0 Å². The maximum absolute atomic E-state index is 12.7. The molecule has 1 aliphatic heterocycles. The highest BCUT2D eigenvalue weighted by Crippen LogP contribution is 2.26. The van der Waals surface area contributed by atoms with Gasteiger partial charge < -0.3 is 4.74 Å². The van der Waals surface area contributed by atoms with Crippen molar-refractivity contribution in [3.05, 3.63) is 42.2 Å². The molecule has 3 rings (SSSR count). The molecule has 0 radical (unpaired) electrons. The van der Waals surface area contributed by atoms with Crippen LogP contribution in [0, 0.1) is 0 Å². The normalized spacial score (nSPS) is 16.9. The zero-order chi connectivity index (χ0) is 17.2. The minimum atomic E-state index is -3.57. The van der Waals surface area contributed by atoms with Crippen molar-refractivity contribution < 1.29 is 17.9 Å². The first-order valence-electron chi connectivity index (χ1n) is 7.56. The maximum atomic E-state index is 12.7. The molecule has 0 N–H and O–H groups in total. The van der Waals surface area contributed by atoms with E-state index in [1.807, 2.05) is 0 Å². The summed E-state index contributed by atoms with van der Waals surface area (Å²) in [7, 11) is -2.29. The van der Waals surface area contributed by atoms with Gasteiger partial charge in [-0.1, -0.05) is 0 Å². The molecule has 2 aromatic rings. The lowest BCUT2D eigenvalue weighted by molar-refractivity contribution is 0.0600. The van der Waals surface area contributed by atoms with Crippen molar-refractivity contribution in [2.75, 3.05) is 20.2 Å². The van der Waals surface area contributed by atoms with E-state index in [0.29, 0.717) is 31.5 Å². The zero-order valence-electron chi connectivity index (χ0n) is 13.2. The number of esters is 1. The van der Waals surface area contributed by atoms with Crippen molar-refractivity contribution in [3.8, 4) is 0 Å². The monoisotopic (exact) mass is 350 g/mol. The highest BCUT2D eigenvalue weighted by Gasteiger charge is 2.30. The third-order valence-corrected chi connectivity index (χ3v) is 6.01. The molecule has 0 aliphatic carbocycles. The van der Waals surface area contributed by atoms with E-state index in [0.717, 1.165) is 0 Å². The summed E-state index contributed by atoms with van der Waals surface area (Å²) < 4.78 is 31.5. The Balaban J connectivity index is 1.71. The predicted molar refractivity (Wildman–Crippen MR) is 84.8 cm³/mol. The van der Waals surface area contributed by atoms with Gasteiger partial charge in [0, 0.05) is 13.1 Å². The van der Waals surface area contributed by atoms with E-state index in [2.05, 4.69) is 14.9 Å². The lowest BCUT2D eigenvalue weighted by Gasteiger charge is -2.30. The number of hydrogen-bond donors (Lipinski definition) is 0. The van der Waals surface area contributed by atoms with Gasteiger partial charge in [0.25, 0.3) is 0 Å². The first kappa shape index (κ1) is 16.6. The second-order valence-corrected chi connectivity index (χ2v) is 7.44. The molecule has 1 fully saturated rings. The van der Waals surface area contributed by atoms with Gasteiger partial charge in [-0.15, -0.1) is 0 Å². The molecule has 24 heavy (non-hydrogen) atoms. The van der Waals surface area contributed by atoms with E-state index in [1.165, 1.54) is 35.7 Å². The number of hydrogen-bond acceptors (Lipinski definition) is 6. The van der Waals surface area contributed by atoms with Crippen LogP contribution in [0.2, 0.25) is 0 Å². The van der Waals surface area contributed by atoms with Crippen molar-refractivity contribution in [1.82, 2.24) is 19.3 Å². The number of benzene rings is 1. The molecule has 0 spiro atoms. The smallest absolute Gasteiger partial charge is 0.337 e. The van der Waals surface area contributed by atoms with Crippen molar-refractivity contribution in [2.24, 2.45) is 0 Å². The summed E-state index contributed by atoms with van der Waals surface area (Å²) >= 11 is 0. The molecule has 1 aromatic heterocycles. The average Bonchev–Trinajstić information content (AvgIpc) is 3.16. The van der Waals surface area contributed by atoms with E-state index >= 15 is 0 Å². The first-order chi connectivity index (χ1) is 11.5. The zero-order valence-corrected chi connectivity index (χ0v) is 14.0. The van der Waals surface area contributed by atoms with E-state index in [-0.39, 0.29) is 10.9 Å². The Kier molecular flexibility index (Phi) is 4.63. The van der Waals surface area contributed by atoms with Gasteiger partial charge in [-0.05, 0) is 37.1 Å². The van der Waals surface area contributed by atoms with Crippen LogP contribution in [0.15, 0.2) is 41.6 Å². The van der Waals surface area contributed by atoms with Gasteiger partial charge in [-0.25, -0.2) is 13.2 Å². The number of piperidine rings is 1. The number of rotatable bonds is 4. The SMILES string of the molecule is COC(=O)c1ccc(S(=O)(=O)N2CCC(n3nccn3)CC2)cc1. The Hall–Kier alpha value is -2.26. The van der Waals surface area contributed by atoms with E-state index in [9.17, 15) is 13.2 Å². The summed E-state index contributed by atoms with van der Waals surface area (Å²) in [6.07, 6.45) is 4.56. The Bertz CT molecular complexity index is 795. The van der Waals surface area contributed by atoms with Gasteiger partial charge in [-0.3, -0.25) is 0 Å². The van der Waals surface area contributed by atoms with Gasteiger partial charge in [0.05, 0.1) is 36.0 Å². The van der Waals surface area contributed by atoms with Crippen LogP contribution in [0.3, 0.4) is 0 Å². The Morgan fingerprint density at radius 3 is 2.25 bits per heavy atom. The second kappa shape index (κ2) is 6.70. The predicted octanol–water partition coefficient (Wildman–Crippen LogP) is 1.09. The van der Waals surface area contributed by atoms with Crippen LogP contribution in [-0.4, -0.2) is 53.9 Å². The minimum absolute atomic E-state index is 0.119. The molecule has 9 heteroatoms. The van der Waals surface area contributed by atoms with Crippen molar-refractivity contribution in [3.63, 3.8) is 0 Å². The highest BCUT2D eigenvalue weighted by molar-refractivity contribution is 7.89. The maximum Gasteiger partial charge on any atom is 0.337 e. The van der Waals surface area contributed by atoms with Crippen LogP contribution in [0.4, 0.5) is 0 Å². The molecule has 0 unspecified atom stereocenters. The van der Waals surface area contributed by atoms with E-state index in [1.54, 1.807) is 17.2 Å². The summed E-state index contributed by atoms with van der Waals surface area (Å²) in [5, 5.41) is 8.23. The van der Waals surface area contributed by atoms with Crippen LogP contribution in [0.5, 0.6) is 0 Å². The van der Waals surface area contributed by atoms with Gasteiger partial charge in [0.2, 0.25) is 10.0 Å². The molecule has 0 saturated carbocycles. The molecule has 0 amide bonds. The van der Waals surface area contributed by atoms with Crippen molar-refractivity contribution in [1.29, 1.82) is 0 Å². The quantitative estimate of drug-likeness (QED) is 0.766. The number of nitrogens with zero attached hydrogens (tertiary/aromatic N) is 4. The Morgan fingerprint density at radius 1 is 1.12 bits per heavy atom. The number of aromatic nitrogens is 3. The molecule has 0 atom stereocenters. The standard InChI is InChI=1S/C15H18N4O4S/c1-23-15(20)12-2-4-14(5-3-12)24(21,22)18-10-6-13(7-11-18)19-16-8-9-17-19/h2-5,8-9,13H,6-7,10-11H2,1H3. The van der Waals surface area contributed by atoms with Crippen molar-refractivity contribution in [2.45, 2.75) is 23.8 Å². The lowest BCUT2D eigenvalue weighted by Crippen LogP contribution is -2.39. The molecule has 1 aromatic carbocycles. The minimum Gasteiger partial charge on any atom is -0.465 e. The lowest BCUT2D eigenvalue weighted by atomic mass is 10.1. The fraction of sp³-hybridized carbons (Fsp3) is 0.400. The van der Waals surface area contributed by atoms with Crippen LogP contribution in [0.1, 0.15) is 29.2 Å². The number of ether oxygens (including phenoxy) is 1. The van der Waals surface area contributed by atoms with Gasteiger partial charge in [0.15, 0.2) is 0 Å². The fourth-order valence-electron chi connectivity index (χ4n) is 2.76. The van der Waals surface area contributed by atoms with Crippen LogP contribution in [-0.2, 0) is 14.8 Å². The van der Waals surface area contributed by atoms with Crippen molar-refractivity contribution >= 4 is 16.0 Å². The molecule has 128 valence electrons. The molecule has 0 bridgehead atoms. The average molecular weight is 350 g/mol. The Morgan fingerprint density at radius 2 is 1.71 bits per heavy atom. The van der Waals surface area contributed by atoms with E-state index < -0.39 is 16.0 Å². The molecular formula is C15H18N4O4S. The van der Waals surface area contributed by atoms with Crippen LogP contribution < -0.4 is 0 Å². The topological polar surface area (TPSA) is 94.4 Å². The summed E-state index contributed by atoms with van der Waals surface area (Å²) in [5.41, 5.74) is 0.319. The number of sulfonamides is 1. The number of carbonyl (C=O) groups excluding carboxylic acids is 1. The van der Waals surface area contributed by atoms with Gasteiger partial charge >= 0.3 is 5.97 Å². The first-order valence-corrected chi connectivity index (χ1v) is 9.00. The highest BCUT2D eigenvalue weighted by atomic mass is 32.2. The third kappa shape index (κ3) is 3.17. The molecule has 8 nitrogen and oxygen atoms in total. The van der Waals surface area contributed by atoms with Crippen LogP contribution in [0.25, 0.3) is 0 Å². The fourth-order valence-corrected chi connectivity index (χ4v) is 4.23. The second-order valence-electron chi connectivity index (χ2n) is 5.50. The molecule has 1 aliphatic rings. The third-order valence-electron chi connectivity index (χ3n) is 4.10. The van der Waals surface area contributed by atoms with E-state index in [4.69, 9.17) is 0 Å².